The van der Waals surface area contributed by atoms with E-state index in [2.05, 4.69) is 31.9 Å². The monoisotopic (exact) mass is 469 g/mol. The summed E-state index contributed by atoms with van der Waals surface area (Å²) in [6, 6.07) is 12.8. The van der Waals surface area contributed by atoms with Gasteiger partial charge in [-0.1, -0.05) is 33.2 Å². The number of aryl methyl sites for hydroxylation is 1. The zero-order chi connectivity index (χ0) is 20.4. The number of halogens is 1. The fourth-order valence-corrected chi connectivity index (χ4v) is 5.72. The van der Waals surface area contributed by atoms with Crippen LogP contribution in [0.4, 0.5) is 5.82 Å². The lowest BCUT2D eigenvalue weighted by Gasteiger charge is -2.24. The molecule has 8 heteroatoms. The van der Waals surface area contributed by atoms with E-state index in [1.807, 2.05) is 18.2 Å². The quantitative estimate of drug-likeness (QED) is 0.600. The molecule has 1 heterocycles. The van der Waals surface area contributed by atoms with Crippen LogP contribution in [0.25, 0.3) is 11.3 Å². The van der Waals surface area contributed by atoms with E-state index in [0.29, 0.717) is 12.2 Å². The second kappa shape index (κ2) is 6.18. The van der Waals surface area contributed by atoms with E-state index in [4.69, 9.17) is 4.52 Å². The van der Waals surface area contributed by atoms with Gasteiger partial charge in [-0.25, -0.2) is 8.42 Å². The van der Waals surface area contributed by atoms with Crippen LogP contribution in [0, 0.1) is 18.3 Å². The Balaban J connectivity index is 1.60. The summed E-state index contributed by atoms with van der Waals surface area (Å²) in [5, 5.41) is 13.4. The standard InChI is InChI=1S/C21H16BrN3O3S/c1-12-2-3-13(11-23)18(8-12)29(26,27)25-20-16-10-21(6-7-21)17-5-4-14(22)9-15(17)19(16)28-24-20/h2-5,8-9H,6-7,10H2,1H3,(H,24,25). The number of aromatic nitrogens is 1. The average molecular weight is 470 g/mol. The summed E-state index contributed by atoms with van der Waals surface area (Å²) in [7, 11) is -3.99. The number of benzene rings is 2. The van der Waals surface area contributed by atoms with Gasteiger partial charge in [-0.3, -0.25) is 4.72 Å². The van der Waals surface area contributed by atoms with E-state index in [0.717, 1.165) is 34.0 Å². The highest BCUT2D eigenvalue weighted by Crippen LogP contribution is 2.58. The molecule has 0 radical (unpaired) electrons. The van der Waals surface area contributed by atoms with Crippen LogP contribution in [0.1, 0.15) is 35.1 Å². The fourth-order valence-electron chi connectivity index (χ4n) is 4.09. The van der Waals surface area contributed by atoms with Crippen molar-refractivity contribution in [2.45, 2.75) is 36.5 Å². The first kappa shape index (κ1) is 18.4. The van der Waals surface area contributed by atoms with Crippen LogP contribution in [0.2, 0.25) is 0 Å². The lowest BCUT2D eigenvalue weighted by atomic mass is 9.79. The average Bonchev–Trinajstić information content (AvgIpc) is 3.35. The number of nitriles is 1. The van der Waals surface area contributed by atoms with Crippen molar-refractivity contribution < 1.29 is 12.9 Å². The minimum atomic E-state index is -3.99. The van der Waals surface area contributed by atoms with Crippen LogP contribution < -0.4 is 4.72 Å². The normalized spacial score (nSPS) is 16.0. The van der Waals surface area contributed by atoms with Gasteiger partial charge in [-0.15, -0.1) is 0 Å². The maximum Gasteiger partial charge on any atom is 0.264 e. The molecule has 3 aromatic rings. The highest BCUT2D eigenvalue weighted by atomic mass is 79.9. The molecule has 1 N–H and O–H groups in total. The maximum atomic E-state index is 13.0. The molecule has 1 saturated carbocycles. The lowest BCUT2D eigenvalue weighted by Crippen LogP contribution is -2.20. The van der Waals surface area contributed by atoms with E-state index in [-0.39, 0.29) is 21.7 Å². The molecule has 1 spiro atoms. The molecule has 0 saturated heterocycles. The third kappa shape index (κ3) is 2.88. The van der Waals surface area contributed by atoms with Gasteiger partial charge in [0.05, 0.1) is 5.56 Å². The maximum absolute atomic E-state index is 13.0. The molecule has 2 aliphatic carbocycles. The second-order valence-electron chi connectivity index (χ2n) is 7.70. The number of anilines is 1. The molecule has 2 aromatic carbocycles. The molecule has 5 rings (SSSR count). The highest BCUT2D eigenvalue weighted by molar-refractivity contribution is 9.10. The van der Waals surface area contributed by atoms with Crippen molar-refractivity contribution >= 4 is 31.8 Å². The van der Waals surface area contributed by atoms with Gasteiger partial charge in [0, 0.05) is 21.0 Å². The zero-order valence-electron chi connectivity index (χ0n) is 15.5. The van der Waals surface area contributed by atoms with Crippen LogP contribution >= 0.6 is 15.9 Å². The summed E-state index contributed by atoms with van der Waals surface area (Å²) in [6.45, 7) is 1.78. The molecule has 29 heavy (non-hydrogen) atoms. The van der Waals surface area contributed by atoms with Crippen LogP contribution in [-0.4, -0.2) is 13.6 Å². The summed E-state index contributed by atoms with van der Waals surface area (Å²) in [4.78, 5) is -0.0585. The summed E-state index contributed by atoms with van der Waals surface area (Å²) >= 11 is 3.50. The van der Waals surface area contributed by atoms with E-state index in [1.165, 1.54) is 17.7 Å². The number of sulfonamides is 1. The Bertz CT molecular complexity index is 1320. The van der Waals surface area contributed by atoms with Gasteiger partial charge in [0.15, 0.2) is 11.6 Å². The largest absolute Gasteiger partial charge is 0.354 e. The molecule has 0 atom stereocenters. The lowest BCUT2D eigenvalue weighted by molar-refractivity contribution is 0.431. The van der Waals surface area contributed by atoms with Gasteiger partial charge in [0.1, 0.15) is 11.0 Å². The molecular weight excluding hydrogens is 454 g/mol. The second-order valence-corrected chi connectivity index (χ2v) is 10.3. The van der Waals surface area contributed by atoms with E-state index in [9.17, 15) is 13.7 Å². The van der Waals surface area contributed by atoms with E-state index < -0.39 is 10.0 Å². The number of rotatable bonds is 3. The molecule has 0 amide bonds. The van der Waals surface area contributed by atoms with Crippen LogP contribution in [0.3, 0.4) is 0 Å². The number of nitrogens with one attached hydrogen (secondary N) is 1. The molecule has 146 valence electrons. The van der Waals surface area contributed by atoms with Crippen LogP contribution in [0.15, 0.2) is 50.3 Å². The van der Waals surface area contributed by atoms with E-state index in [1.54, 1.807) is 13.0 Å². The number of hydrogen-bond acceptors (Lipinski definition) is 5. The SMILES string of the molecule is Cc1ccc(C#N)c(S(=O)(=O)Nc2noc3c2CC2(CC2)c2ccc(Br)cc2-3)c1. The van der Waals surface area contributed by atoms with Gasteiger partial charge in [0.25, 0.3) is 10.0 Å². The first-order chi connectivity index (χ1) is 13.8. The van der Waals surface area contributed by atoms with E-state index >= 15 is 0 Å². The number of hydrogen-bond donors (Lipinski definition) is 1. The molecule has 1 fully saturated rings. The van der Waals surface area contributed by atoms with Crippen molar-refractivity contribution in [3.8, 4) is 17.4 Å². The summed E-state index contributed by atoms with van der Waals surface area (Å²) < 4.78 is 35.2. The third-order valence-electron chi connectivity index (χ3n) is 5.73. The number of fused-ring (bicyclic) bond motifs is 4. The Kier molecular flexibility index (Phi) is 3.92. The topological polar surface area (TPSA) is 96.0 Å². The predicted molar refractivity (Wildman–Crippen MR) is 111 cm³/mol. The van der Waals surface area contributed by atoms with Crippen molar-refractivity contribution in [3.63, 3.8) is 0 Å². The predicted octanol–water partition coefficient (Wildman–Crippen LogP) is 4.67. The summed E-state index contributed by atoms with van der Waals surface area (Å²) in [5.74, 6) is 0.795. The van der Waals surface area contributed by atoms with Crippen molar-refractivity contribution in [3.05, 3.63) is 63.1 Å². The van der Waals surface area contributed by atoms with Crippen molar-refractivity contribution in [1.29, 1.82) is 5.26 Å². The highest BCUT2D eigenvalue weighted by Gasteiger charge is 2.50. The molecule has 1 aromatic heterocycles. The Morgan fingerprint density at radius 3 is 2.76 bits per heavy atom. The Labute approximate surface area is 176 Å². The smallest absolute Gasteiger partial charge is 0.264 e. The molecule has 0 aliphatic heterocycles. The van der Waals surface area contributed by atoms with Crippen molar-refractivity contribution in [2.24, 2.45) is 0 Å². The van der Waals surface area contributed by atoms with Crippen molar-refractivity contribution in [1.82, 2.24) is 5.16 Å². The Morgan fingerprint density at radius 1 is 1.24 bits per heavy atom. The Hall–Kier alpha value is -2.63. The van der Waals surface area contributed by atoms with Crippen molar-refractivity contribution in [2.75, 3.05) is 4.72 Å². The minimum absolute atomic E-state index is 0.0237. The molecule has 6 nitrogen and oxygen atoms in total. The van der Waals surface area contributed by atoms with Gasteiger partial charge in [0.2, 0.25) is 0 Å². The minimum Gasteiger partial charge on any atom is -0.354 e. The summed E-state index contributed by atoms with van der Waals surface area (Å²) in [5.41, 5.74) is 3.81. The molecule has 0 bridgehead atoms. The molecule has 2 aliphatic rings. The first-order valence-corrected chi connectivity index (χ1v) is 11.4. The van der Waals surface area contributed by atoms with Gasteiger partial charge in [-0.05, 0) is 61.6 Å². The molecule has 0 unspecified atom stereocenters. The fraction of sp³-hybridized carbons (Fsp3) is 0.238. The van der Waals surface area contributed by atoms with Crippen LogP contribution in [-0.2, 0) is 21.9 Å². The summed E-state index contributed by atoms with van der Waals surface area (Å²) in [6.07, 6.45) is 2.78. The number of nitrogens with zero attached hydrogens (tertiary/aromatic N) is 2. The van der Waals surface area contributed by atoms with Crippen LogP contribution in [0.5, 0.6) is 0 Å². The zero-order valence-corrected chi connectivity index (χ0v) is 17.9. The third-order valence-corrected chi connectivity index (χ3v) is 7.60. The first-order valence-electron chi connectivity index (χ1n) is 9.15. The molecular formula is C21H16BrN3O3S. The van der Waals surface area contributed by atoms with Gasteiger partial charge < -0.3 is 4.52 Å². The Morgan fingerprint density at radius 2 is 2.03 bits per heavy atom. The van der Waals surface area contributed by atoms with Gasteiger partial charge in [-0.2, -0.15) is 5.26 Å². The van der Waals surface area contributed by atoms with Gasteiger partial charge >= 0.3 is 0 Å².